The molecule has 0 aliphatic rings. The van der Waals surface area contributed by atoms with Gasteiger partial charge in [0.15, 0.2) is 0 Å². The van der Waals surface area contributed by atoms with Crippen LogP contribution in [0.1, 0.15) is 5.69 Å². The van der Waals surface area contributed by atoms with Crippen LogP contribution in [0.4, 0.5) is 0 Å². The molecular weight excluding hydrogens is 250 g/mol. The molecule has 0 unspecified atom stereocenters. The van der Waals surface area contributed by atoms with Gasteiger partial charge in [0, 0.05) is 29.8 Å². The SMILES string of the molecule is COc1nc2ccccc2cc1-c1cc(C#N)n(C)c1. The second kappa shape index (κ2) is 4.71. The summed E-state index contributed by atoms with van der Waals surface area (Å²) in [6.07, 6.45) is 1.91. The average molecular weight is 263 g/mol. The first-order chi connectivity index (χ1) is 9.72. The summed E-state index contributed by atoms with van der Waals surface area (Å²) in [6.45, 7) is 0. The van der Waals surface area contributed by atoms with E-state index in [-0.39, 0.29) is 0 Å². The van der Waals surface area contributed by atoms with Crippen LogP contribution in [0.2, 0.25) is 0 Å². The summed E-state index contributed by atoms with van der Waals surface area (Å²) in [6, 6.07) is 13.9. The molecule has 4 heteroatoms. The first-order valence-corrected chi connectivity index (χ1v) is 6.23. The third-order valence-electron chi connectivity index (χ3n) is 3.31. The van der Waals surface area contributed by atoms with Gasteiger partial charge in [-0.25, -0.2) is 4.98 Å². The fourth-order valence-electron chi connectivity index (χ4n) is 2.28. The number of para-hydroxylation sites is 1. The van der Waals surface area contributed by atoms with Gasteiger partial charge < -0.3 is 9.30 Å². The lowest BCUT2D eigenvalue weighted by Gasteiger charge is -2.08. The van der Waals surface area contributed by atoms with Crippen molar-refractivity contribution in [2.75, 3.05) is 7.11 Å². The number of methoxy groups -OCH3 is 1. The van der Waals surface area contributed by atoms with Crippen LogP contribution in [0, 0.1) is 11.3 Å². The van der Waals surface area contributed by atoms with Gasteiger partial charge in [-0.3, -0.25) is 0 Å². The molecule has 98 valence electrons. The first kappa shape index (κ1) is 12.2. The minimum Gasteiger partial charge on any atom is -0.481 e. The normalized spacial score (nSPS) is 10.4. The molecule has 1 aromatic carbocycles. The lowest BCUT2D eigenvalue weighted by Crippen LogP contribution is -1.92. The number of pyridine rings is 1. The largest absolute Gasteiger partial charge is 0.481 e. The Hall–Kier alpha value is -2.80. The Balaban J connectivity index is 2.26. The van der Waals surface area contributed by atoms with E-state index in [1.165, 1.54) is 0 Å². The van der Waals surface area contributed by atoms with Gasteiger partial charge in [-0.2, -0.15) is 5.26 Å². The molecule has 0 atom stereocenters. The first-order valence-electron chi connectivity index (χ1n) is 6.23. The van der Waals surface area contributed by atoms with E-state index < -0.39 is 0 Å². The van der Waals surface area contributed by atoms with E-state index in [9.17, 15) is 0 Å². The molecule has 4 nitrogen and oxygen atoms in total. The van der Waals surface area contributed by atoms with Crippen LogP contribution in [0.25, 0.3) is 22.0 Å². The molecule has 0 amide bonds. The summed E-state index contributed by atoms with van der Waals surface area (Å²) >= 11 is 0. The average Bonchev–Trinajstić information content (AvgIpc) is 2.86. The number of nitriles is 1. The monoisotopic (exact) mass is 263 g/mol. The highest BCUT2D eigenvalue weighted by Gasteiger charge is 2.12. The zero-order chi connectivity index (χ0) is 14.1. The van der Waals surface area contributed by atoms with Gasteiger partial charge in [0.1, 0.15) is 11.8 Å². The summed E-state index contributed by atoms with van der Waals surface area (Å²) in [7, 11) is 3.46. The molecule has 0 N–H and O–H groups in total. The minimum absolute atomic E-state index is 0.568. The second-order valence-electron chi connectivity index (χ2n) is 4.57. The van der Waals surface area contributed by atoms with Crippen molar-refractivity contribution in [3.05, 3.63) is 48.3 Å². The highest BCUT2D eigenvalue weighted by atomic mass is 16.5. The Morgan fingerprint density at radius 3 is 2.75 bits per heavy atom. The Morgan fingerprint density at radius 2 is 2.05 bits per heavy atom. The maximum absolute atomic E-state index is 9.06. The van der Waals surface area contributed by atoms with Crippen LogP contribution in [-0.2, 0) is 7.05 Å². The number of nitrogens with zero attached hydrogens (tertiary/aromatic N) is 3. The number of hydrogen-bond acceptors (Lipinski definition) is 3. The highest BCUT2D eigenvalue weighted by Crippen LogP contribution is 2.32. The van der Waals surface area contributed by atoms with Gasteiger partial charge in [0.05, 0.1) is 12.6 Å². The predicted molar refractivity (Wildman–Crippen MR) is 77.4 cm³/mol. The number of rotatable bonds is 2. The van der Waals surface area contributed by atoms with Gasteiger partial charge in [-0.1, -0.05) is 18.2 Å². The van der Waals surface area contributed by atoms with Crippen LogP contribution in [-0.4, -0.2) is 16.7 Å². The van der Waals surface area contributed by atoms with Gasteiger partial charge in [0.2, 0.25) is 5.88 Å². The molecule has 3 aromatic rings. The Labute approximate surface area is 116 Å². The van der Waals surface area contributed by atoms with Gasteiger partial charge >= 0.3 is 0 Å². The number of aryl methyl sites for hydroxylation is 1. The number of benzene rings is 1. The van der Waals surface area contributed by atoms with Crippen molar-refractivity contribution >= 4 is 10.9 Å². The summed E-state index contributed by atoms with van der Waals surface area (Å²) in [5, 5.41) is 10.1. The van der Waals surface area contributed by atoms with E-state index in [1.807, 2.05) is 49.6 Å². The topological polar surface area (TPSA) is 50.8 Å². The number of aromatic nitrogens is 2. The molecule has 3 rings (SSSR count). The smallest absolute Gasteiger partial charge is 0.221 e. The molecule has 0 saturated heterocycles. The highest BCUT2D eigenvalue weighted by molar-refractivity contribution is 5.86. The quantitative estimate of drug-likeness (QED) is 0.713. The summed E-state index contributed by atoms with van der Waals surface area (Å²) < 4.78 is 7.18. The van der Waals surface area contributed by atoms with Gasteiger partial charge in [-0.15, -0.1) is 0 Å². The Bertz CT molecular complexity index is 827. The van der Waals surface area contributed by atoms with Gasteiger partial charge in [-0.05, 0) is 18.2 Å². The molecular formula is C16H13N3O. The van der Waals surface area contributed by atoms with Crippen molar-refractivity contribution in [3.63, 3.8) is 0 Å². The summed E-state index contributed by atoms with van der Waals surface area (Å²) in [5.41, 5.74) is 3.32. The van der Waals surface area contributed by atoms with Crippen LogP contribution < -0.4 is 4.74 Å². The molecule has 20 heavy (non-hydrogen) atoms. The molecule has 0 aliphatic heterocycles. The number of ether oxygens (including phenoxy) is 1. The van der Waals surface area contributed by atoms with E-state index in [2.05, 4.69) is 11.1 Å². The van der Waals surface area contributed by atoms with Crippen molar-refractivity contribution in [2.24, 2.45) is 7.05 Å². The maximum Gasteiger partial charge on any atom is 0.221 e. The molecule has 0 aliphatic carbocycles. The predicted octanol–water partition coefficient (Wildman–Crippen LogP) is 3.12. The minimum atomic E-state index is 0.568. The van der Waals surface area contributed by atoms with Crippen molar-refractivity contribution in [1.82, 2.24) is 9.55 Å². The zero-order valence-electron chi connectivity index (χ0n) is 11.3. The van der Waals surface area contributed by atoms with Crippen LogP contribution in [0.3, 0.4) is 0 Å². The molecule has 0 bridgehead atoms. The van der Waals surface area contributed by atoms with E-state index in [0.717, 1.165) is 22.0 Å². The molecule has 0 saturated carbocycles. The Kier molecular flexibility index (Phi) is 2.88. The van der Waals surface area contributed by atoms with Crippen molar-refractivity contribution in [3.8, 4) is 23.1 Å². The van der Waals surface area contributed by atoms with Crippen molar-refractivity contribution in [2.45, 2.75) is 0 Å². The molecule has 2 heterocycles. The third-order valence-corrected chi connectivity index (χ3v) is 3.31. The lowest BCUT2D eigenvalue weighted by atomic mass is 10.1. The number of fused-ring (bicyclic) bond motifs is 1. The fraction of sp³-hybridized carbons (Fsp3) is 0.125. The van der Waals surface area contributed by atoms with E-state index in [0.29, 0.717) is 11.6 Å². The Morgan fingerprint density at radius 1 is 1.25 bits per heavy atom. The third kappa shape index (κ3) is 1.90. The molecule has 0 fully saturated rings. The zero-order valence-corrected chi connectivity index (χ0v) is 11.3. The van der Waals surface area contributed by atoms with Gasteiger partial charge in [0.25, 0.3) is 0 Å². The van der Waals surface area contributed by atoms with Crippen molar-refractivity contribution < 1.29 is 4.74 Å². The standard InChI is InChI=1S/C16H13N3O/c1-19-10-12(7-13(19)9-17)14-8-11-5-3-4-6-15(11)18-16(14)20-2/h3-8,10H,1-2H3. The van der Waals surface area contributed by atoms with E-state index in [4.69, 9.17) is 10.00 Å². The lowest BCUT2D eigenvalue weighted by molar-refractivity contribution is 0.401. The van der Waals surface area contributed by atoms with Crippen LogP contribution in [0.15, 0.2) is 42.6 Å². The van der Waals surface area contributed by atoms with Crippen LogP contribution >= 0.6 is 0 Å². The van der Waals surface area contributed by atoms with Crippen LogP contribution in [0.5, 0.6) is 5.88 Å². The molecule has 0 radical (unpaired) electrons. The molecule has 0 spiro atoms. The molecule has 2 aromatic heterocycles. The summed E-state index contributed by atoms with van der Waals surface area (Å²) in [5.74, 6) is 0.568. The second-order valence-corrected chi connectivity index (χ2v) is 4.57. The fourth-order valence-corrected chi connectivity index (χ4v) is 2.28. The number of hydrogen-bond donors (Lipinski definition) is 0. The van der Waals surface area contributed by atoms with E-state index in [1.54, 1.807) is 11.7 Å². The maximum atomic E-state index is 9.06. The summed E-state index contributed by atoms with van der Waals surface area (Å²) in [4.78, 5) is 4.52. The van der Waals surface area contributed by atoms with Crippen molar-refractivity contribution in [1.29, 1.82) is 5.26 Å². The van der Waals surface area contributed by atoms with E-state index >= 15 is 0 Å².